The Kier molecular flexibility index (Phi) is 4.01. The van der Waals surface area contributed by atoms with Crippen LogP contribution in [-0.2, 0) is 4.79 Å². The highest BCUT2D eigenvalue weighted by atomic mass is 32.1. The van der Waals surface area contributed by atoms with Crippen molar-refractivity contribution in [1.82, 2.24) is 4.90 Å². The molecule has 4 nitrogen and oxygen atoms in total. The van der Waals surface area contributed by atoms with Gasteiger partial charge < -0.3 is 10.6 Å². The van der Waals surface area contributed by atoms with E-state index in [1.54, 1.807) is 0 Å². The first-order valence-electron chi connectivity index (χ1n) is 6.23. The standard InChI is InChI=1S/C13H18N2O2S/c1-9-5-6-11(18-9)13(17)15-7-3-2-4-10(15)8-12(14)16/h5-6,10H,2-4,7-8H2,1H3,(H2,14,16). The largest absolute Gasteiger partial charge is 0.370 e. The fourth-order valence-corrected chi connectivity index (χ4v) is 3.23. The molecule has 2 amide bonds. The number of hydrogen-bond acceptors (Lipinski definition) is 3. The van der Waals surface area contributed by atoms with E-state index in [0.717, 1.165) is 35.6 Å². The van der Waals surface area contributed by atoms with E-state index in [1.165, 1.54) is 11.3 Å². The van der Waals surface area contributed by atoms with E-state index >= 15 is 0 Å². The third kappa shape index (κ3) is 2.90. The van der Waals surface area contributed by atoms with Gasteiger partial charge in [0, 0.05) is 23.9 Å². The molecule has 0 radical (unpaired) electrons. The Morgan fingerprint density at radius 1 is 1.44 bits per heavy atom. The Morgan fingerprint density at radius 3 is 2.83 bits per heavy atom. The molecule has 1 fully saturated rings. The van der Waals surface area contributed by atoms with Crippen LogP contribution < -0.4 is 5.73 Å². The van der Waals surface area contributed by atoms with Crippen LogP contribution in [0.1, 0.15) is 40.2 Å². The van der Waals surface area contributed by atoms with E-state index in [0.29, 0.717) is 0 Å². The van der Waals surface area contributed by atoms with E-state index < -0.39 is 0 Å². The molecule has 0 spiro atoms. The summed E-state index contributed by atoms with van der Waals surface area (Å²) in [6, 6.07) is 3.79. The number of piperidine rings is 1. The van der Waals surface area contributed by atoms with Gasteiger partial charge >= 0.3 is 0 Å². The lowest BCUT2D eigenvalue weighted by Crippen LogP contribution is -2.45. The second-order valence-electron chi connectivity index (χ2n) is 4.73. The molecule has 1 unspecified atom stereocenters. The smallest absolute Gasteiger partial charge is 0.264 e. The number of amides is 2. The molecular weight excluding hydrogens is 248 g/mol. The van der Waals surface area contributed by atoms with Crippen LogP contribution in [0.15, 0.2) is 12.1 Å². The number of nitrogens with two attached hydrogens (primary N) is 1. The van der Waals surface area contributed by atoms with E-state index in [-0.39, 0.29) is 24.3 Å². The monoisotopic (exact) mass is 266 g/mol. The second kappa shape index (κ2) is 5.52. The van der Waals surface area contributed by atoms with Gasteiger partial charge in [-0.3, -0.25) is 9.59 Å². The number of primary amides is 1. The molecular formula is C13H18N2O2S. The van der Waals surface area contributed by atoms with E-state index in [1.807, 2.05) is 24.0 Å². The van der Waals surface area contributed by atoms with Gasteiger partial charge in [-0.05, 0) is 38.3 Å². The molecule has 1 aromatic heterocycles. The number of aryl methyl sites for hydroxylation is 1. The summed E-state index contributed by atoms with van der Waals surface area (Å²) in [5.74, 6) is -0.291. The average molecular weight is 266 g/mol. The molecule has 0 saturated carbocycles. The molecule has 1 aromatic rings. The van der Waals surface area contributed by atoms with Crippen LogP contribution in [0.2, 0.25) is 0 Å². The van der Waals surface area contributed by atoms with Gasteiger partial charge in [-0.2, -0.15) is 0 Å². The van der Waals surface area contributed by atoms with Crippen LogP contribution in [0.25, 0.3) is 0 Å². The third-order valence-corrected chi connectivity index (χ3v) is 4.26. The molecule has 2 N–H and O–H groups in total. The molecule has 1 aliphatic heterocycles. The Morgan fingerprint density at radius 2 is 2.22 bits per heavy atom. The summed E-state index contributed by atoms with van der Waals surface area (Å²) in [5, 5.41) is 0. The van der Waals surface area contributed by atoms with Gasteiger partial charge in [0.25, 0.3) is 5.91 Å². The van der Waals surface area contributed by atoms with Crippen LogP contribution in [0.4, 0.5) is 0 Å². The van der Waals surface area contributed by atoms with Gasteiger partial charge in [0.05, 0.1) is 4.88 Å². The average Bonchev–Trinajstić information content (AvgIpc) is 2.75. The third-order valence-electron chi connectivity index (χ3n) is 3.28. The van der Waals surface area contributed by atoms with Crippen molar-refractivity contribution in [3.8, 4) is 0 Å². The zero-order valence-corrected chi connectivity index (χ0v) is 11.3. The number of hydrogen-bond donors (Lipinski definition) is 1. The first-order valence-corrected chi connectivity index (χ1v) is 7.05. The molecule has 0 aliphatic carbocycles. The second-order valence-corrected chi connectivity index (χ2v) is 6.02. The molecule has 1 aliphatic rings. The summed E-state index contributed by atoms with van der Waals surface area (Å²) in [6.45, 7) is 2.71. The Balaban J connectivity index is 2.13. The lowest BCUT2D eigenvalue weighted by molar-refractivity contribution is -0.119. The van der Waals surface area contributed by atoms with E-state index in [4.69, 9.17) is 5.73 Å². The van der Waals surface area contributed by atoms with Crippen molar-refractivity contribution in [2.75, 3.05) is 6.54 Å². The van der Waals surface area contributed by atoms with Crippen molar-refractivity contribution in [3.63, 3.8) is 0 Å². The lowest BCUT2D eigenvalue weighted by Gasteiger charge is -2.34. The number of carbonyl (C=O) groups excluding carboxylic acids is 2. The Hall–Kier alpha value is -1.36. The summed E-state index contributed by atoms with van der Waals surface area (Å²) in [6.07, 6.45) is 3.21. The molecule has 0 aromatic carbocycles. The number of nitrogens with zero attached hydrogens (tertiary/aromatic N) is 1. The first kappa shape index (κ1) is 13.1. The Labute approximate surface area is 111 Å². The summed E-state index contributed by atoms with van der Waals surface area (Å²) < 4.78 is 0. The minimum absolute atomic E-state index is 0.0221. The lowest BCUT2D eigenvalue weighted by atomic mass is 9.99. The van der Waals surface area contributed by atoms with Crippen LogP contribution in [0, 0.1) is 6.92 Å². The van der Waals surface area contributed by atoms with E-state index in [9.17, 15) is 9.59 Å². The molecule has 98 valence electrons. The Bertz CT molecular complexity index is 456. The van der Waals surface area contributed by atoms with Crippen molar-refractivity contribution in [1.29, 1.82) is 0 Å². The molecule has 2 rings (SSSR count). The van der Waals surface area contributed by atoms with Crippen molar-refractivity contribution < 1.29 is 9.59 Å². The van der Waals surface area contributed by atoms with Gasteiger partial charge in [0.15, 0.2) is 0 Å². The maximum Gasteiger partial charge on any atom is 0.264 e. The van der Waals surface area contributed by atoms with Crippen molar-refractivity contribution >= 4 is 23.2 Å². The number of rotatable bonds is 3. The van der Waals surface area contributed by atoms with Crippen molar-refractivity contribution in [2.45, 2.75) is 38.6 Å². The highest BCUT2D eigenvalue weighted by Gasteiger charge is 2.29. The summed E-state index contributed by atoms with van der Waals surface area (Å²) >= 11 is 1.50. The highest BCUT2D eigenvalue weighted by molar-refractivity contribution is 7.13. The van der Waals surface area contributed by atoms with Crippen LogP contribution in [0.5, 0.6) is 0 Å². The zero-order chi connectivity index (χ0) is 13.1. The van der Waals surface area contributed by atoms with Crippen LogP contribution in [-0.4, -0.2) is 29.3 Å². The normalized spacial score (nSPS) is 19.8. The minimum atomic E-state index is -0.331. The van der Waals surface area contributed by atoms with Crippen LogP contribution >= 0.6 is 11.3 Å². The first-order chi connectivity index (χ1) is 8.58. The van der Waals surface area contributed by atoms with Gasteiger partial charge in [0.1, 0.15) is 0 Å². The molecule has 1 atom stereocenters. The maximum absolute atomic E-state index is 12.4. The number of likely N-dealkylation sites (tertiary alicyclic amines) is 1. The molecule has 5 heteroatoms. The topological polar surface area (TPSA) is 63.4 Å². The van der Waals surface area contributed by atoms with Crippen molar-refractivity contribution in [2.24, 2.45) is 5.73 Å². The minimum Gasteiger partial charge on any atom is -0.370 e. The fourth-order valence-electron chi connectivity index (χ4n) is 2.40. The van der Waals surface area contributed by atoms with E-state index in [2.05, 4.69) is 0 Å². The van der Waals surface area contributed by atoms with Crippen molar-refractivity contribution in [3.05, 3.63) is 21.9 Å². The van der Waals surface area contributed by atoms with Crippen LogP contribution in [0.3, 0.4) is 0 Å². The highest BCUT2D eigenvalue weighted by Crippen LogP contribution is 2.24. The van der Waals surface area contributed by atoms with Gasteiger partial charge in [-0.15, -0.1) is 11.3 Å². The SMILES string of the molecule is Cc1ccc(C(=O)N2CCCCC2CC(N)=O)s1. The predicted molar refractivity (Wildman–Crippen MR) is 71.5 cm³/mol. The molecule has 0 bridgehead atoms. The van der Waals surface area contributed by atoms with Gasteiger partial charge in [-0.25, -0.2) is 0 Å². The quantitative estimate of drug-likeness (QED) is 0.908. The molecule has 2 heterocycles. The predicted octanol–water partition coefficient (Wildman–Crippen LogP) is 1.93. The fraction of sp³-hybridized carbons (Fsp3) is 0.538. The number of carbonyl (C=O) groups is 2. The van der Waals surface area contributed by atoms with Gasteiger partial charge in [-0.1, -0.05) is 0 Å². The summed E-state index contributed by atoms with van der Waals surface area (Å²) in [7, 11) is 0. The molecule has 18 heavy (non-hydrogen) atoms. The maximum atomic E-state index is 12.4. The van der Waals surface area contributed by atoms with Gasteiger partial charge in [0.2, 0.25) is 5.91 Å². The molecule has 1 saturated heterocycles. The summed E-state index contributed by atoms with van der Waals surface area (Å²) in [4.78, 5) is 27.2. The summed E-state index contributed by atoms with van der Waals surface area (Å²) in [5.41, 5.74) is 5.25. The zero-order valence-electron chi connectivity index (χ0n) is 10.5. The number of thiophene rings is 1.